The van der Waals surface area contributed by atoms with Gasteiger partial charge in [0.15, 0.2) is 0 Å². The Kier molecular flexibility index (Phi) is 4.15. The van der Waals surface area contributed by atoms with E-state index in [1.165, 1.54) is 0 Å². The Bertz CT molecular complexity index is 491. The average Bonchev–Trinajstić information content (AvgIpc) is 2.98. The summed E-state index contributed by atoms with van der Waals surface area (Å²) in [6.07, 6.45) is 0.550. The lowest BCUT2D eigenvalue weighted by Crippen LogP contribution is -2.22. The summed E-state index contributed by atoms with van der Waals surface area (Å²) in [7, 11) is 0. The van der Waals surface area contributed by atoms with E-state index in [1.807, 2.05) is 37.4 Å². The summed E-state index contributed by atoms with van der Waals surface area (Å²) in [6, 6.07) is 6.04. The summed E-state index contributed by atoms with van der Waals surface area (Å²) < 4.78 is 5.08. The summed E-state index contributed by atoms with van der Waals surface area (Å²) in [4.78, 5) is 11.6. The third-order valence-electron chi connectivity index (χ3n) is 2.80. The first kappa shape index (κ1) is 12.8. The number of rotatable bonds is 6. The Labute approximate surface area is 110 Å². The van der Waals surface area contributed by atoms with Crippen molar-refractivity contribution >= 4 is 17.8 Å². The van der Waals surface area contributed by atoms with Gasteiger partial charge in [-0.2, -0.15) is 5.10 Å². The highest BCUT2D eigenvalue weighted by Crippen LogP contribution is 2.23. The van der Waals surface area contributed by atoms with Crippen LogP contribution in [0.1, 0.15) is 19.5 Å². The average molecular weight is 264 g/mol. The number of hydrogen-bond donors (Lipinski definition) is 1. The smallest absolute Gasteiger partial charge is 0.293 e. The third kappa shape index (κ3) is 2.98. The molecule has 2 aromatic rings. The zero-order chi connectivity index (χ0) is 13.0. The highest BCUT2D eigenvalue weighted by molar-refractivity contribution is 7.13. The molecule has 1 N–H and O–H groups in total. The number of H-pyrrole nitrogens is 1. The fourth-order valence-corrected chi connectivity index (χ4v) is 2.43. The Morgan fingerprint density at radius 1 is 1.56 bits per heavy atom. The first-order valence-corrected chi connectivity index (χ1v) is 6.76. The molecule has 0 aliphatic carbocycles. The van der Waals surface area contributed by atoms with Gasteiger partial charge in [0.2, 0.25) is 0 Å². The summed E-state index contributed by atoms with van der Waals surface area (Å²) in [5.41, 5.74) is 1.92. The van der Waals surface area contributed by atoms with Crippen LogP contribution in [0.3, 0.4) is 0 Å². The molecule has 4 nitrogen and oxygen atoms in total. The molecule has 0 saturated heterocycles. The van der Waals surface area contributed by atoms with Gasteiger partial charge in [-0.05, 0) is 23.4 Å². The SMILES string of the molecule is CC(C)C(Cc1cc(-c2cccs2)n[nH]1)OC=O. The Hall–Kier alpha value is -1.62. The molecule has 2 heterocycles. The maximum atomic E-state index is 10.5. The monoisotopic (exact) mass is 264 g/mol. The van der Waals surface area contributed by atoms with Crippen LogP contribution in [0.25, 0.3) is 10.6 Å². The number of nitrogens with zero attached hydrogens (tertiary/aromatic N) is 1. The molecule has 0 aromatic carbocycles. The van der Waals surface area contributed by atoms with Gasteiger partial charge in [-0.25, -0.2) is 0 Å². The zero-order valence-electron chi connectivity index (χ0n) is 10.4. The molecular formula is C13H16N2O2S. The molecule has 0 spiro atoms. The molecule has 1 unspecified atom stereocenters. The number of carbonyl (C=O) groups excluding carboxylic acids is 1. The molecule has 0 fully saturated rings. The normalized spacial score (nSPS) is 12.6. The summed E-state index contributed by atoms with van der Waals surface area (Å²) >= 11 is 1.65. The number of thiophene rings is 1. The van der Waals surface area contributed by atoms with E-state index >= 15 is 0 Å². The van der Waals surface area contributed by atoms with Crippen molar-refractivity contribution < 1.29 is 9.53 Å². The van der Waals surface area contributed by atoms with Crippen molar-refractivity contribution in [1.29, 1.82) is 0 Å². The minimum absolute atomic E-state index is 0.112. The third-order valence-corrected chi connectivity index (χ3v) is 3.69. The van der Waals surface area contributed by atoms with Crippen LogP contribution in [-0.2, 0) is 16.0 Å². The van der Waals surface area contributed by atoms with E-state index < -0.39 is 0 Å². The molecule has 0 bridgehead atoms. The minimum Gasteiger partial charge on any atom is -0.464 e. The lowest BCUT2D eigenvalue weighted by Gasteiger charge is -2.17. The van der Waals surface area contributed by atoms with Crippen LogP contribution in [0.4, 0.5) is 0 Å². The van der Waals surface area contributed by atoms with E-state index in [9.17, 15) is 4.79 Å². The quantitative estimate of drug-likeness (QED) is 0.816. The predicted molar refractivity (Wildman–Crippen MR) is 71.4 cm³/mol. The molecule has 18 heavy (non-hydrogen) atoms. The van der Waals surface area contributed by atoms with Crippen molar-refractivity contribution in [2.45, 2.75) is 26.4 Å². The van der Waals surface area contributed by atoms with Gasteiger partial charge in [0.25, 0.3) is 6.47 Å². The van der Waals surface area contributed by atoms with E-state index in [1.54, 1.807) is 11.3 Å². The van der Waals surface area contributed by atoms with E-state index in [-0.39, 0.29) is 12.0 Å². The number of nitrogens with one attached hydrogen (secondary N) is 1. The van der Waals surface area contributed by atoms with E-state index in [0.717, 1.165) is 16.3 Å². The van der Waals surface area contributed by atoms with Gasteiger partial charge in [0.05, 0.1) is 4.88 Å². The van der Waals surface area contributed by atoms with Gasteiger partial charge >= 0.3 is 0 Å². The molecule has 5 heteroatoms. The van der Waals surface area contributed by atoms with Crippen molar-refractivity contribution in [1.82, 2.24) is 10.2 Å². The molecule has 0 aliphatic rings. The van der Waals surface area contributed by atoms with Gasteiger partial charge < -0.3 is 4.74 Å². The summed E-state index contributed by atoms with van der Waals surface area (Å²) in [6.45, 7) is 4.58. The van der Waals surface area contributed by atoms with Crippen molar-refractivity contribution in [2.24, 2.45) is 5.92 Å². The molecule has 0 saturated carbocycles. The maximum Gasteiger partial charge on any atom is 0.293 e. The Morgan fingerprint density at radius 3 is 3.00 bits per heavy atom. The van der Waals surface area contributed by atoms with Crippen LogP contribution < -0.4 is 0 Å². The number of aromatic amines is 1. The van der Waals surface area contributed by atoms with Crippen LogP contribution in [0.5, 0.6) is 0 Å². The maximum absolute atomic E-state index is 10.5. The number of hydrogen-bond acceptors (Lipinski definition) is 4. The van der Waals surface area contributed by atoms with Crippen LogP contribution in [0.15, 0.2) is 23.6 Å². The molecule has 1 atom stereocenters. The predicted octanol–water partition coefficient (Wildman–Crippen LogP) is 2.88. The van der Waals surface area contributed by atoms with Crippen LogP contribution >= 0.6 is 11.3 Å². The van der Waals surface area contributed by atoms with Gasteiger partial charge in [0, 0.05) is 12.1 Å². The molecule has 2 rings (SSSR count). The molecule has 96 valence electrons. The second-order valence-corrected chi connectivity index (χ2v) is 5.42. The van der Waals surface area contributed by atoms with Gasteiger partial charge in [-0.3, -0.25) is 9.89 Å². The molecular weight excluding hydrogens is 248 g/mol. The van der Waals surface area contributed by atoms with Crippen LogP contribution in [0.2, 0.25) is 0 Å². The molecule has 0 aliphatic heterocycles. The van der Waals surface area contributed by atoms with Gasteiger partial charge in [-0.15, -0.1) is 11.3 Å². The van der Waals surface area contributed by atoms with E-state index in [2.05, 4.69) is 10.2 Å². The number of carbonyl (C=O) groups is 1. The number of aromatic nitrogens is 2. The van der Waals surface area contributed by atoms with Gasteiger partial charge in [-0.1, -0.05) is 19.9 Å². The molecule has 0 amide bonds. The summed E-state index contributed by atoms with van der Waals surface area (Å²) in [5, 5.41) is 9.30. The van der Waals surface area contributed by atoms with Crippen LogP contribution in [0, 0.1) is 5.92 Å². The first-order chi connectivity index (χ1) is 8.70. The zero-order valence-corrected chi connectivity index (χ0v) is 11.2. The molecule has 0 radical (unpaired) electrons. The second kappa shape index (κ2) is 5.82. The minimum atomic E-state index is -0.112. The lowest BCUT2D eigenvalue weighted by atomic mass is 10.0. The standard InChI is InChI=1S/C13H16N2O2S/c1-9(2)12(17-8-16)7-10-6-11(15-14-10)13-4-3-5-18-13/h3-6,8-9,12H,7H2,1-2H3,(H,14,15). The van der Waals surface area contributed by atoms with E-state index in [4.69, 9.17) is 4.74 Å². The van der Waals surface area contributed by atoms with Crippen molar-refractivity contribution in [3.05, 3.63) is 29.3 Å². The van der Waals surface area contributed by atoms with Gasteiger partial charge in [0.1, 0.15) is 11.8 Å². The number of ether oxygens (including phenoxy) is 1. The van der Waals surface area contributed by atoms with Crippen molar-refractivity contribution in [2.75, 3.05) is 0 Å². The van der Waals surface area contributed by atoms with Crippen molar-refractivity contribution in [3.63, 3.8) is 0 Å². The molecule has 2 aromatic heterocycles. The highest BCUT2D eigenvalue weighted by Gasteiger charge is 2.16. The van der Waals surface area contributed by atoms with Crippen molar-refractivity contribution in [3.8, 4) is 10.6 Å². The largest absolute Gasteiger partial charge is 0.464 e. The fourth-order valence-electron chi connectivity index (χ4n) is 1.75. The first-order valence-electron chi connectivity index (χ1n) is 5.88. The summed E-state index contributed by atoms with van der Waals surface area (Å²) in [5.74, 6) is 0.281. The second-order valence-electron chi connectivity index (χ2n) is 4.47. The highest BCUT2D eigenvalue weighted by atomic mass is 32.1. The fraction of sp³-hybridized carbons (Fsp3) is 0.385. The Balaban J connectivity index is 2.08. The lowest BCUT2D eigenvalue weighted by molar-refractivity contribution is -0.135. The Morgan fingerprint density at radius 2 is 2.39 bits per heavy atom. The van der Waals surface area contributed by atoms with E-state index in [0.29, 0.717) is 12.9 Å². The topological polar surface area (TPSA) is 55.0 Å². The van der Waals surface area contributed by atoms with Crippen LogP contribution in [-0.4, -0.2) is 22.8 Å².